The number of aryl methyl sites for hydroxylation is 3. The van der Waals surface area contributed by atoms with Crippen LogP contribution in [0.25, 0.3) is 6.08 Å². The number of allylic oxidation sites excluding steroid dienone is 1. The van der Waals surface area contributed by atoms with E-state index >= 15 is 0 Å². The van der Waals surface area contributed by atoms with E-state index in [9.17, 15) is 4.79 Å². The Hall–Kier alpha value is -2.85. The summed E-state index contributed by atoms with van der Waals surface area (Å²) in [7, 11) is 1.65. The second kappa shape index (κ2) is 8.89. The van der Waals surface area contributed by atoms with Gasteiger partial charge >= 0.3 is 0 Å². The molecule has 144 valence electrons. The summed E-state index contributed by atoms with van der Waals surface area (Å²) in [5.74, 6) is 1.65. The summed E-state index contributed by atoms with van der Waals surface area (Å²) >= 11 is 1.51. The molecule has 4 heteroatoms. The number of ketones is 1. The van der Waals surface area contributed by atoms with Crippen molar-refractivity contribution in [2.75, 3.05) is 7.11 Å². The predicted octanol–water partition coefficient (Wildman–Crippen LogP) is 6.16. The molecule has 2 aromatic carbocycles. The normalized spacial score (nSPS) is 11.0. The number of thiophene rings is 1. The van der Waals surface area contributed by atoms with Crippen molar-refractivity contribution >= 4 is 23.2 Å². The average molecular weight is 393 g/mol. The van der Waals surface area contributed by atoms with Crippen molar-refractivity contribution in [1.82, 2.24) is 0 Å². The third-order valence-corrected chi connectivity index (χ3v) is 5.46. The summed E-state index contributed by atoms with van der Waals surface area (Å²) in [5, 5.41) is 0. The van der Waals surface area contributed by atoms with Gasteiger partial charge in [0.2, 0.25) is 0 Å². The van der Waals surface area contributed by atoms with Gasteiger partial charge in [0.25, 0.3) is 0 Å². The predicted molar refractivity (Wildman–Crippen MR) is 116 cm³/mol. The molecule has 3 rings (SSSR count). The van der Waals surface area contributed by atoms with Gasteiger partial charge in [0, 0.05) is 10.4 Å². The first-order chi connectivity index (χ1) is 13.5. The van der Waals surface area contributed by atoms with Crippen LogP contribution >= 0.6 is 11.3 Å². The van der Waals surface area contributed by atoms with E-state index in [1.807, 2.05) is 63.2 Å². The van der Waals surface area contributed by atoms with Crippen LogP contribution in [-0.2, 0) is 6.61 Å². The molecule has 28 heavy (non-hydrogen) atoms. The minimum Gasteiger partial charge on any atom is -0.496 e. The number of benzene rings is 2. The maximum Gasteiger partial charge on any atom is 0.195 e. The fourth-order valence-corrected chi connectivity index (χ4v) is 3.64. The number of carbonyl (C=O) groups is 1. The van der Waals surface area contributed by atoms with Crippen molar-refractivity contribution in [3.63, 3.8) is 0 Å². The van der Waals surface area contributed by atoms with Crippen molar-refractivity contribution in [3.05, 3.63) is 86.6 Å². The Morgan fingerprint density at radius 1 is 1.00 bits per heavy atom. The monoisotopic (exact) mass is 392 g/mol. The minimum atomic E-state index is 0.0158. The fourth-order valence-electron chi connectivity index (χ4n) is 2.85. The maximum atomic E-state index is 12.3. The summed E-state index contributed by atoms with van der Waals surface area (Å²) in [6.07, 6.45) is 3.45. The molecule has 0 aliphatic heterocycles. The van der Waals surface area contributed by atoms with E-state index in [0.29, 0.717) is 6.61 Å². The molecule has 3 nitrogen and oxygen atoms in total. The lowest BCUT2D eigenvalue weighted by molar-refractivity contribution is 0.105. The fraction of sp³-hybridized carbons (Fsp3) is 0.208. The third kappa shape index (κ3) is 4.90. The van der Waals surface area contributed by atoms with Gasteiger partial charge in [-0.15, -0.1) is 11.3 Å². The van der Waals surface area contributed by atoms with Gasteiger partial charge in [0.15, 0.2) is 5.78 Å². The highest BCUT2D eigenvalue weighted by atomic mass is 32.1. The van der Waals surface area contributed by atoms with Crippen LogP contribution in [-0.4, -0.2) is 12.9 Å². The molecule has 0 aliphatic carbocycles. The Labute approximate surface area is 170 Å². The second-order valence-electron chi connectivity index (χ2n) is 6.74. The number of ether oxygens (including phenoxy) is 2. The van der Waals surface area contributed by atoms with E-state index < -0.39 is 0 Å². The first-order valence-electron chi connectivity index (χ1n) is 9.12. The Morgan fingerprint density at radius 2 is 1.82 bits per heavy atom. The number of hydrogen-bond donors (Lipinski definition) is 0. The molecule has 0 bridgehead atoms. The van der Waals surface area contributed by atoms with Crippen LogP contribution in [0.3, 0.4) is 0 Å². The number of methoxy groups -OCH3 is 1. The van der Waals surface area contributed by atoms with Crippen molar-refractivity contribution in [2.45, 2.75) is 27.4 Å². The highest BCUT2D eigenvalue weighted by molar-refractivity contribution is 7.14. The largest absolute Gasteiger partial charge is 0.496 e. The number of rotatable bonds is 7. The molecule has 0 spiro atoms. The standard InChI is InChI=1S/C24H24O3S/c1-16-5-6-17(2)23(13-16)27-15-20-14-19(9-11-22(20)26-4)8-10-21(25)24-12-7-18(3)28-24/h5-14H,15H2,1-4H3/b10-8+. The first kappa shape index (κ1) is 19.9. The molecule has 1 heterocycles. The molecule has 1 aromatic heterocycles. The van der Waals surface area contributed by atoms with Crippen LogP contribution in [0.4, 0.5) is 0 Å². The molecule has 0 saturated carbocycles. The van der Waals surface area contributed by atoms with Crippen molar-refractivity contribution in [2.24, 2.45) is 0 Å². The van der Waals surface area contributed by atoms with E-state index in [4.69, 9.17) is 9.47 Å². The van der Waals surface area contributed by atoms with Gasteiger partial charge in [-0.25, -0.2) is 0 Å². The number of hydrogen-bond acceptors (Lipinski definition) is 4. The quantitative estimate of drug-likeness (QED) is 0.357. The summed E-state index contributed by atoms with van der Waals surface area (Å²) < 4.78 is 11.5. The summed E-state index contributed by atoms with van der Waals surface area (Å²) in [4.78, 5) is 14.2. The Kier molecular flexibility index (Phi) is 6.32. The molecule has 3 aromatic rings. The zero-order valence-electron chi connectivity index (χ0n) is 16.6. The van der Waals surface area contributed by atoms with E-state index in [-0.39, 0.29) is 5.78 Å². The van der Waals surface area contributed by atoms with Gasteiger partial charge in [-0.2, -0.15) is 0 Å². The van der Waals surface area contributed by atoms with Gasteiger partial charge in [0.1, 0.15) is 18.1 Å². The van der Waals surface area contributed by atoms with Crippen molar-refractivity contribution < 1.29 is 14.3 Å². The summed E-state index contributed by atoms with van der Waals surface area (Å²) in [6, 6.07) is 15.8. The molecule has 0 N–H and O–H groups in total. The highest BCUT2D eigenvalue weighted by Crippen LogP contribution is 2.25. The smallest absolute Gasteiger partial charge is 0.195 e. The van der Waals surface area contributed by atoms with Gasteiger partial charge < -0.3 is 9.47 Å². The molecule has 0 saturated heterocycles. The topological polar surface area (TPSA) is 35.5 Å². The average Bonchev–Trinajstić information content (AvgIpc) is 3.13. The SMILES string of the molecule is COc1ccc(/C=C/C(=O)c2ccc(C)s2)cc1COc1cc(C)ccc1C. The van der Waals surface area contributed by atoms with Crippen molar-refractivity contribution in [3.8, 4) is 11.5 Å². The van der Waals surface area contributed by atoms with Gasteiger partial charge in [-0.05, 0) is 73.9 Å². The number of carbonyl (C=O) groups excluding carboxylic acids is 1. The maximum absolute atomic E-state index is 12.3. The summed E-state index contributed by atoms with van der Waals surface area (Å²) in [6.45, 7) is 6.47. The second-order valence-corrected chi connectivity index (χ2v) is 8.02. The molecule has 0 fully saturated rings. The first-order valence-corrected chi connectivity index (χ1v) is 9.94. The molecule has 0 amide bonds. The molecular weight excluding hydrogens is 368 g/mol. The highest BCUT2D eigenvalue weighted by Gasteiger charge is 2.08. The van der Waals surface area contributed by atoms with E-state index in [1.165, 1.54) is 11.3 Å². The van der Waals surface area contributed by atoms with Crippen LogP contribution < -0.4 is 9.47 Å². The molecular formula is C24H24O3S. The molecule has 0 atom stereocenters. The zero-order valence-corrected chi connectivity index (χ0v) is 17.4. The van der Waals surface area contributed by atoms with E-state index in [0.717, 1.165) is 43.5 Å². The summed E-state index contributed by atoms with van der Waals surface area (Å²) in [5.41, 5.74) is 4.12. The van der Waals surface area contributed by atoms with Crippen LogP contribution in [0.1, 0.15) is 36.8 Å². The van der Waals surface area contributed by atoms with Crippen LogP contribution in [0.2, 0.25) is 0 Å². The van der Waals surface area contributed by atoms with Gasteiger partial charge in [-0.3, -0.25) is 4.79 Å². The van der Waals surface area contributed by atoms with Crippen molar-refractivity contribution in [1.29, 1.82) is 0 Å². The van der Waals surface area contributed by atoms with E-state index in [1.54, 1.807) is 13.2 Å². The lowest BCUT2D eigenvalue weighted by atomic mass is 10.1. The lowest BCUT2D eigenvalue weighted by Crippen LogP contribution is -2.00. The Bertz CT molecular complexity index is 1010. The Balaban J connectivity index is 1.77. The molecule has 0 aliphatic rings. The molecule has 0 unspecified atom stereocenters. The zero-order chi connectivity index (χ0) is 20.1. The van der Waals surface area contributed by atoms with Gasteiger partial charge in [-0.1, -0.05) is 24.3 Å². The van der Waals surface area contributed by atoms with Crippen LogP contribution in [0, 0.1) is 20.8 Å². The van der Waals surface area contributed by atoms with Crippen LogP contribution in [0.5, 0.6) is 11.5 Å². The lowest BCUT2D eigenvalue weighted by Gasteiger charge is -2.13. The third-order valence-electron chi connectivity index (χ3n) is 4.44. The minimum absolute atomic E-state index is 0.0158. The molecule has 0 radical (unpaired) electrons. The van der Waals surface area contributed by atoms with Gasteiger partial charge in [0.05, 0.1) is 12.0 Å². The Morgan fingerprint density at radius 3 is 2.54 bits per heavy atom. The van der Waals surface area contributed by atoms with E-state index in [2.05, 4.69) is 12.1 Å². The van der Waals surface area contributed by atoms with Crippen LogP contribution in [0.15, 0.2) is 54.6 Å².